The van der Waals surface area contributed by atoms with Crippen LogP contribution in [0.4, 0.5) is 0 Å². The molecule has 2 aromatic rings. The van der Waals surface area contributed by atoms with Crippen molar-refractivity contribution in [3.63, 3.8) is 0 Å². The molecule has 2 heterocycles. The molecule has 0 spiro atoms. The predicted octanol–water partition coefficient (Wildman–Crippen LogP) is 3.88. The average Bonchev–Trinajstić information content (AvgIpc) is 2.90. The van der Waals surface area contributed by atoms with Gasteiger partial charge in [0.15, 0.2) is 17.3 Å². The van der Waals surface area contributed by atoms with Crippen LogP contribution in [0, 0.1) is 0 Å². The van der Waals surface area contributed by atoms with Crippen LogP contribution in [0.1, 0.15) is 16.1 Å². The Balaban J connectivity index is 1.66. The number of carbonyl (C=O) groups excluding carboxylic acids is 1. The number of ether oxygens (including phenoxy) is 2. The van der Waals surface area contributed by atoms with E-state index in [1.54, 1.807) is 0 Å². The van der Waals surface area contributed by atoms with Gasteiger partial charge in [-0.25, -0.2) is 0 Å². The maximum atomic E-state index is 12.0. The van der Waals surface area contributed by atoms with E-state index in [0.29, 0.717) is 19.0 Å². The zero-order valence-electron chi connectivity index (χ0n) is 10.8. The molecule has 0 bridgehead atoms. The third-order valence-corrected chi connectivity index (χ3v) is 4.79. The molecule has 104 valence electrons. The minimum Gasteiger partial charge on any atom is -0.490 e. The molecule has 1 aromatic heterocycles. The molecule has 0 aliphatic carbocycles. The highest BCUT2D eigenvalue weighted by Crippen LogP contribution is 2.34. The fourth-order valence-electron chi connectivity index (χ4n) is 1.89. The van der Waals surface area contributed by atoms with Crippen LogP contribution in [-0.2, 0) is 0 Å². The lowest BCUT2D eigenvalue weighted by atomic mass is 10.3. The first-order chi connectivity index (χ1) is 9.83. The van der Waals surface area contributed by atoms with E-state index >= 15 is 0 Å². The van der Waals surface area contributed by atoms with Gasteiger partial charge in [0, 0.05) is 11.3 Å². The van der Waals surface area contributed by atoms with E-state index in [0.717, 1.165) is 27.7 Å². The van der Waals surface area contributed by atoms with Gasteiger partial charge in [0.25, 0.3) is 0 Å². The highest BCUT2D eigenvalue weighted by molar-refractivity contribution is 8.00. The number of thiophene rings is 1. The van der Waals surface area contributed by atoms with Gasteiger partial charge in [0.05, 0.1) is 23.8 Å². The zero-order valence-corrected chi connectivity index (χ0v) is 12.5. The first kappa shape index (κ1) is 13.5. The van der Waals surface area contributed by atoms with E-state index in [9.17, 15) is 4.79 Å². The molecule has 1 aromatic carbocycles. The molecule has 0 atom stereocenters. The van der Waals surface area contributed by atoms with Gasteiger partial charge >= 0.3 is 0 Å². The Morgan fingerprint density at radius 1 is 1.20 bits per heavy atom. The van der Waals surface area contributed by atoms with Crippen LogP contribution < -0.4 is 9.47 Å². The Morgan fingerprint density at radius 3 is 2.85 bits per heavy atom. The summed E-state index contributed by atoms with van der Waals surface area (Å²) in [6.45, 7) is 1.37. The molecule has 0 fully saturated rings. The molecule has 20 heavy (non-hydrogen) atoms. The van der Waals surface area contributed by atoms with Crippen LogP contribution in [0.25, 0.3) is 0 Å². The van der Waals surface area contributed by atoms with Gasteiger partial charge in [0.2, 0.25) is 0 Å². The van der Waals surface area contributed by atoms with E-state index in [4.69, 9.17) is 9.47 Å². The topological polar surface area (TPSA) is 35.5 Å². The second-order valence-corrected chi connectivity index (χ2v) is 6.34. The summed E-state index contributed by atoms with van der Waals surface area (Å²) in [6.07, 6.45) is 0.897. The summed E-state index contributed by atoms with van der Waals surface area (Å²) in [7, 11) is 0. The van der Waals surface area contributed by atoms with Crippen molar-refractivity contribution in [2.24, 2.45) is 0 Å². The second-order valence-electron chi connectivity index (χ2n) is 4.35. The molecule has 0 radical (unpaired) electrons. The van der Waals surface area contributed by atoms with Gasteiger partial charge in [-0.3, -0.25) is 4.79 Å². The highest BCUT2D eigenvalue weighted by atomic mass is 32.2. The van der Waals surface area contributed by atoms with Gasteiger partial charge < -0.3 is 9.47 Å². The van der Waals surface area contributed by atoms with Crippen LogP contribution >= 0.6 is 23.1 Å². The fraction of sp³-hybridized carbons (Fsp3) is 0.267. The van der Waals surface area contributed by atoms with Gasteiger partial charge in [-0.15, -0.1) is 23.1 Å². The quantitative estimate of drug-likeness (QED) is 0.634. The number of fused-ring (bicyclic) bond motifs is 1. The van der Waals surface area contributed by atoms with Crippen molar-refractivity contribution in [1.82, 2.24) is 0 Å². The van der Waals surface area contributed by atoms with Gasteiger partial charge in [-0.05, 0) is 29.6 Å². The summed E-state index contributed by atoms with van der Waals surface area (Å²) in [5, 5.41) is 1.92. The minimum atomic E-state index is 0.164. The number of rotatable bonds is 4. The molecule has 0 saturated carbocycles. The lowest BCUT2D eigenvalue weighted by Crippen LogP contribution is -1.99. The number of hydrogen-bond acceptors (Lipinski definition) is 5. The highest BCUT2D eigenvalue weighted by Gasteiger charge is 2.12. The first-order valence-corrected chi connectivity index (χ1v) is 8.28. The Labute approximate surface area is 125 Å². The Hall–Kier alpha value is -1.46. The molecule has 0 saturated heterocycles. The lowest BCUT2D eigenvalue weighted by molar-refractivity contribution is 0.102. The van der Waals surface area contributed by atoms with E-state index in [1.807, 2.05) is 35.7 Å². The van der Waals surface area contributed by atoms with Crippen molar-refractivity contribution in [2.75, 3.05) is 19.0 Å². The summed E-state index contributed by atoms with van der Waals surface area (Å²) in [6, 6.07) is 9.60. The second kappa shape index (κ2) is 6.33. The van der Waals surface area contributed by atoms with Gasteiger partial charge in [0.1, 0.15) is 0 Å². The summed E-state index contributed by atoms with van der Waals surface area (Å²) >= 11 is 3.01. The number of carbonyl (C=O) groups is 1. The Bertz CT molecular complexity index is 593. The third-order valence-electron chi connectivity index (χ3n) is 2.88. The first-order valence-electron chi connectivity index (χ1n) is 6.42. The normalized spacial score (nSPS) is 13.8. The van der Waals surface area contributed by atoms with Gasteiger partial charge in [-0.2, -0.15) is 0 Å². The minimum absolute atomic E-state index is 0.164. The molecule has 5 heteroatoms. The number of hydrogen-bond donors (Lipinski definition) is 0. The summed E-state index contributed by atoms with van der Waals surface area (Å²) in [5.74, 6) is 2.17. The Kier molecular flexibility index (Phi) is 4.28. The van der Waals surface area contributed by atoms with Crippen molar-refractivity contribution < 1.29 is 14.3 Å². The van der Waals surface area contributed by atoms with Crippen molar-refractivity contribution in [1.29, 1.82) is 0 Å². The zero-order chi connectivity index (χ0) is 13.8. The molecule has 0 N–H and O–H groups in total. The largest absolute Gasteiger partial charge is 0.490 e. The van der Waals surface area contributed by atoms with E-state index in [-0.39, 0.29) is 5.78 Å². The SMILES string of the molecule is O=C(CSc1ccc2c(c1)OCCCO2)c1cccs1. The van der Waals surface area contributed by atoms with E-state index in [2.05, 4.69) is 0 Å². The maximum Gasteiger partial charge on any atom is 0.182 e. The van der Waals surface area contributed by atoms with Crippen molar-refractivity contribution in [3.05, 3.63) is 40.6 Å². The van der Waals surface area contributed by atoms with Crippen LogP contribution in [0.2, 0.25) is 0 Å². The van der Waals surface area contributed by atoms with Crippen LogP contribution in [0.5, 0.6) is 11.5 Å². The van der Waals surface area contributed by atoms with Crippen LogP contribution in [-0.4, -0.2) is 24.7 Å². The summed E-state index contributed by atoms with van der Waals surface area (Å²) in [4.78, 5) is 13.8. The van der Waals surface area contributed by atoms with Crippen LogP contribution in [0.15, 0.2) is 40.6 Å². The van der Waals surface area contributed by atoms with Crippen molar-refractivity contribution in [3.8, 4) is 11.5 Å². The number of thioether (sulfide) groups is 1. The number of Topliss-reactive ketones (excluding diaryl/α,β-unsaturated/α-hetero) is 1. The summed E-state index contributed by atoms with van der Waals surface area (Å²) < 4.78 is 11.2. The molecule has 3 nitrogen and oxygen atoms in total. The smallest absolute Gasteiger partial charge is 0.182 e. The maximum absolute atomic E-state index is 12.0. The predicted molar refractivity (Wildman–Crippen MR) is 81.4 cm³/mol. The van der Waals surface area contributed by atoms with E-state index in [1.165, 1.54) is 23.1 Å². The Morgan fingerprint density at radius 2 is 2.05 bits per heavy atom. The van der Waals surface area contributed by atoms with Gasteiger partial charge in [-0.1, -0.05) is 6.07 Å². The number of ketones is 1. The standard InChI is InChI=1S/C15H14O3S2/c16-12(15-3-1-8-19-15)10-20-11-4-5-13-14(9-11)18-7-2-6-17-13/h1,3-5,8-9H,2,6-7,10H2. The van der Waals surface area contributed by atoms with E-state index < -0.39 is 0 Å². The molecule has 1 aliphatic rings. The van der Waals surface area contributed by atoms with Crippen molar-refractivity contribution in [2.45, 2.75) is 11.3 Å². The lowest BCUT2D eigenvalue weighted by Gasteiger charge is -2.08. The monoisotopic (exact) mass is 306 g/mol. The third kappa shape index (κ3) is 3.16. The molecule has 3 rings (SSSR count). The van der Waals surface area contributed by atoms with Crippen LogP contribution in [0.3, 0.4) is 0 Å². The molecular formula is C15H14O3S2. The molecule has 0 amide bonds. The summed E-state index contributed by atoms with van der Waals surface area (Å²) in [5.41, 5.74) is 0. The average molecular weight is 306 g/mol. The number of benzene rings is 1. The molecular weight excluding hydrogens is 292 g/mol. The van der Waals surface area contributed by atoms with Crippen molar-refractivity contribution >= 4 is 28.9 Å². The molecule has 1 aliphatic heterocycles. The fourth-order valence-corrected chi connectivity index (χ4v) is 3.45. The molecule has 0 unspecified atom stereocenters.